The van der Waals surface area contributed by atoms with Crippen LogP contribution in [-0.2, 0) is 0 Å². The zero-order valence-electron chi connectivity index (χ0n) is 6.64. The van der Waals surface area contributed by atoms with Gasteiger partial charge in [0.25, 0.3) is 5.91 Å². The van der Waals surface area contributed by atoms with E-state index in [9.17, 15) is 4.79 Å². The van der Waals surface area contributed by atoms with Crippen LogP contribution < -0.4 is 11.5 Å². The molecule has 0 radical (unpaired) electrons. The number of nitrogens with zero attached hydrogens (tertiary/aromatic N) is 3. The van der Waals surface area contributed by atoms with Crippen LogP contribution in [0.15, 0.2) is 18.6 Å². The summed E-state index contributed by atoms with van der Waals surface area (Å²) in [6.07, 6.45) is 4.38. The quantitative estimate of drug-likeness (QED) is 0.608. The van der Waals surface area contributed by atoms with E-state index in [1.807, 2.05) is 0 Å². The van der Waals surface area contributed by atoms with Crippen LogP contribution in [0.4, 0.5) is 5.69 Å². The zero-order chi connectivity index (χ0) is 9.42. The minimum Gasteiger partial charge on any atom is -0.396 e. The van der Waals surface area contributed by atoms with Gasteiger partial charge in [-0.1, -0.05) is 0 Å². The molecule has 0 aliphatic carbocycles. The molecule has 0 saturated heterocycles. The van der Waals surface area contributed by atoms with Crippen LogP contribution >= 0.6 is 0 Å². The van der Waals surface area contributed by atoms with Gasteiger partial charge in [-0.05, 0) is 0 Å². The van der Waals surface area contributed by atoms with Gasteiger partial charge in [-0.2, -0.15) is 5.10 Å². The van der Waals surface area contributed by atoms with Gasteiger partial charge >= 0.3 is 0 Å². The van der Waals surface area contributed by atoms with Gasteiger partial charge in [0.05, 0.1) is 24.3 Å². The van der Waals surface area contributed by atoms with Crippen LogP contribution in [-0.4, -0.2) is 20.5 Å². The molecule has 2 aromatic heterocycles. The maximum Gasteiger partial charge on any atom is 0.254 e. The highest BCUT2D eigenvalue weighted by molar-refractivity contribution is 5.98. The highest BCUT2D eigenvalue weighted by Gasteiger charge is 2.09. The van der Waals surface area contributed by atoms with E-state index in [2.05, 4.69) is 10.1 Å². The number of hydrogen-bond donors (Lipinski definition) is 2. The molecule has 0 saturated carbocycles. The highest BCUT2D eigenvalue weighted by Crippen LogP contribution is 2.08. The molecule has 6 heteroatoms. The van der Waals surface area contributed by atoms with E-state index < -0.39 is 5.91 Å². The van der Waals surface area contributed by atoms with Crippen molar-refractivity contribution < 1.29 is 4.79 Å². The zero-order valence-corrected chi connectivity index (χ0v) is 6.64. The van der Waals surface area contributed by atoms with Crippen molar-refractivity contribution in [2.24, 2.45) is 5.73 Å². The molecular weight excluding hydrogens is 170 g/mol. The van der Waals surface area contributed by atoms with E-state index in [0.717, 1.165) is 0 Å². The molecule has 66 valence electrons. The second-order valence-corrected chi connectivity index (χ2v) is 2.58. The van der Waals surface area contributed by atoms with Crippen molar-refractivity contribution in [3.05, 3.63) is 24.2 Å². The molecule has 2 heterocycles. The van der Waals surface area contributed by atoms with Gasteiger partial charge < -0.3 is 11.5 Å². The van der Waals surface area contributed by atoms with Crippen molar-refractivity contribution in [3.8, 4) is 0 Å². The SMILES string of the molecule is NC(=O)c1cnn2cc(N)cnc12. The second kappa shape index (κ2) is 2.44. The van der Waals surface area contributed by atoms with Gasteiger partial charge in [0.1, 0.15) is 5.56 Å². The Bertz CT molecular complexity index is 475. The van der Waals surface area contributed by atoms with Crippen molar-refractivity contribution in [1.29, 1.82) is 0 Å². The van der Waals surface area contributed by atoms with Crippen LogP contribution in [0.25, 0.3) is 5.65 Å². The maximum atomic E-state index is 10.9. The lowest BCUT2D eigenvalue weighted by Gasteiger charge is -1.94. The number of anilines is 1. The predicted molar refractivity (Wildman–Crippen MR) is 45.9 cm³/mol. The number of nitrogen functional groups attached to an aromatic ring is 1. The molecule has 0 fully saturated rings. The standard InChI is InChI=1S/C7H7N5O/c8-4-1-10-7-5(6(9)13)2-11-12(7)3-4/h1-3H,8H2,(H2,9,13). The summed E-state index contributed by atoms with van der Waals surface area (Å²) in [5.74, 6) is -0.549. The van der Waals surface area contributed by atoms with E-state index in [1.165, 1.54) is 16.9 Å². The first-order chi connectivity index (χ1) is 6.18. The van der Waals surface area contributed by atoms with Gasteiger partial charge in [-0.15, -0.1) is 0 Å². The molecule has 0 unspecified atom stereocenters. The van der Waals surface area contributed by atoms with Crippen molar-refractivity contribution >= 4 is 17.2 Å². The lowest BCUT2D eigenvalue weighted by molar-refractivity contribution is 0.100. The summed E-state index contributed by atoms with van der Waals surface area (Å²) in [7, 11) is 0. The van der Waals surface area contributed by atoms with Crippen LogP contribution in [0.1, 0.15) is 10.4 Å². The largest absolute Gasteiger partial charge is 0.396 e. The number of nitrogens with two attached hydrogens (primary N) is 2. The molecule has 1 amide bonds. The van der Waals surface area contributed by atoms with Crippen molar-refractivity contribution in [2.45, 2.75) is 0 Å². The third-order valence-corrected chi connectivity index (χ3v) is 1.64. The summed E-state index contributed by atoms with van der Waals surface area (Å²) in [6.45, 7) is 0. The fraction of sp³-hybridized carbons (Fsp3) is 0. The molecule has 0 bridgehead atoms. The maximum absolute atomic E-state index is 10.9. The third-order valence-electron chi connectivity index (χ3n) is 1.64. The number of hydrogen-bond acceptors (Lipinski definition) is 4. The Kier molecular flexibility index (Phi) is 1.42. The average molecular weight is 177 g/mol. The minimum absolute atomic E-state index is 0.292. The molecule has 2 aromatic rings. The molecule has 0 atom stereocenters. The van der Waals surface area contributed by atoms with E-state index in [4.69, 9.17) is 11.5 Å². The van der Waals surface area contributed by atoms with Crippen molar-refractivity contribution in [1.82, 2.24) is 14.6 Å². The molecule has 0 aliphatic rings. The fourth-order valence-corrected chi connectivity index (χ4v) is 1.06. The van der Waals surface area contributed by atoms with Crippen LogP contribution in [0.5, 0.6) is 0 Å². The lowest BCUT2D eigenvalue weighted by atomic mass is 10.3. The van der Waals surface area contributed by atoms with E-state index in [0.29, 0.717) is 16.9 Å². The molecular formula is C7H7N5O. The van der Waals surface area contributed by atoms with Crippen LogP contribution in [0.3, 0.4) is 0 Å². The smallest absolute Gasteiger partial charge is 0.254 e. The average Bonchev–Trinajstić information content (AvgIpc) is 2.46. The number of amides is 1. The Labute approximate surface area is 73.2 Å². The summed E-state index contributed by atoms with van der Waals surface area (Å²) in [4.78, 5) is 14.8. The number of carbonyl (C=O) groups excluding carboxylic acids is 1. The van der Waals surface area contributed by atoms with Crippen molar-refractivity contribution in [3.63, 3.8) is 0 Å². The Hall–Kier alpha value is -2.11. The number of carbonyl (C=O) groups is 1. The van der Waals surface area contributed by atoms with Crippen LogP contribution in [0.2, 0.25) is 0 Å². The summed E-state index contributed by atoms with van der Waals surface area (Å²) >= 11 is 0. The first-order valence-corrected chi connectivity index (χ1v) is 3.57. The van der Waals surface area contributed by atoms with E-state index >= 15 is 0 Å². The number of primary amides is 1. The highest BCUT2D eigenvalue weighted by atomic mass is 16.1. The molecule has 6 nitrogen and oxygen atoms in total. The van der Waals surface area contributed by atoms with E-state index in [-0.39, 0.29) is 0 Å². The Balaban J connectivity index is 2.76. The molecule has 0 aromatic carbocycles. The Morgan fingerprint density at radius 1 is 1.46 bits per heavy atom. The number of aromatic nitrogens is 3. The second-order valence-electron chi connectivity index (χ2n) is 2.58. The molecule has 0 aliphatic heterocycles. The molecule has 2 rings (SSSR count). The first kappa shape index (κ1) is 7.53. The first-order valence-electron chi connectivity index (χ1n) is 3.57. The van der Waals surface area contributed by atoms with Gasteiger partial charge in [0.15, 0.2) is 5.65 Å². The Morgan fingerprint density at radius 3 is 2.92 bits per heavy atom. The van der Waals surface area contributed by atoms with Crippen LogP contribution in [0, 0.1) is 0 Å². The molecule has 13 heavy (non-hydrogen) atoms. The minimum atomic E-state index is -0.549. The number of rotatable bonds is 1. The van der Waals surface area contributed by atoms with Crippen molar-refractivity contribution in [2.75, 3.05) is 5.73 Å². The molecule has 4 N–H and O–H groups in total. The Morgan fingerprint density at radius 2 is 2.23 bits per heavy atom. The normalized spacial score (nSPS) is 10.5. The van der Waals surface area contributed by atoms with Gasteiger partial charge in [-0.25, -0.2) is 9.50 Å². The topological polar surface area (TPSA) is 99.3 Å². The summed E-state index contributed by atoms with van der Waals surface area (Å²) < 4.78 is 1.41. The summed E-state index contributed by atoms with van der Waals surface area (Å²) in [5, 5.41) is 3.87. The molecule has 0 spiro atoms. The summed E-state index contributed by atoms with van der Waals surface area (Å²) in [6, 6.07) is 0. The van der Waals surface area contributed by atoms with Gasteiger partial charge in [0.2, 0.25) is 0 Å². The fourth-order valence-electron chi connectivity index (χ4n) is 1.06. The third kappa shape index (κ3) is 1.08. The number of fused-ring (bicyclic) bond motifs is 1. The predicted octanol–water partition coefficient (Wildman–Crippen LogP) is -0.590. The summed E-state index contributed by atoms with van der Waals surface area (Å²) in [5.41, 5.74) is 11.8. The van der Waals surface area contributed by atoms with Gasteiger partial charge in [0, 0.05) is 0 Å². The van der Waals surface area contributed by atoms with Gasteiger partial charge in [-0.3, -0.25) is 4.79 Å². The monoisotopic (exact) mass is 177 g/mol. The lowest BCUT2D eigenvalue weighted by Crippen LogP contribution is -2.10. The van der Waals surface area contributed by atoms with E-state index in [1.54, 1.807) is 6.20 Å².